The van der Waals surface area contributed by atoms with Gasteiger partial charge in [0.25, 0.3) is 0 Å². The monoisotopic (exact) mass is 183 g/mol. The van der Waals surface area contributed by atoms with E-state index >= 15 is 0 Å². The van der Waals surface area contributed by atoms with Crippen LogP contribution in [0.4, 0.5) is 0 Å². The molecule has 0 aromatic carbocycles. The van der Waals surface area contributed by atoms with E-state index in [0.717, 1.165) is 45.4 Å². The Bertz CT molecular complexity index is 183. The third-order valence-corrected chi connectivity index (χ3v) is 2.77. The number of hydrogen-bond donors (Lipinski definition) is 2. The number of piperidine rings is 1. The number of amides is 1. The number of hydrazine groups is 1. The van der Waals surface area contributed by atoms with Crippen LogP contribution in [-0.4, -0.2) is 37.1 Å². The molecule has 2 rings (SSSR count). The van der Waals surface area contributed by atoms with E-state index in [1.807, 2.05) is 0 Å². The summed E-state index contributed by atoms with van der Waals surface area (Å²) in [7, 11) is 0. The molecule has 2 fully saturated rings. The Labute approximate surface area is 78.6 Å². The molecular formula is C9H17N3O. The van der Waals surface area contributed by atoms with Gasteiger partial charge in [-0.2, -0.15) is 0 Å². The van der Waals surface area contributed by atoms with E-state index in [4.69, 9.17) is 0 Å². The van der Waals surface area contributed by atoms with Gasteiger partial charge in [0.2, 0.25) is 5.91 Å². The molecule has 0 saturated carbocycles. The van der Waals surface area contributed by atoms with Gasteiger partial charge >= 0.3 is 0 Å². The lowest BCUT2D eigenvalue weighted by Crippen LogP contribution is -2.45. The fourth-order valence-corrected chi connectivity index (χ4v) is 2.00. The van der Waals surface area contributed by atoms with E-state index in [1.54, 1.807) is 5.01 Å². The highest BCUT2D eigenvalue weighted by atomic mass is 16.2. The Balaban J connectivity index is 1.87. The minimum Gasteiger partial charge on any atom is -0.316 e. The molecule has 0 aromatic rings. The van der Waals surface area contributed by atoms with Crippen LogP contribution in [0.5, 0.6) is 0 Å². The highest BCUT2D eigenvalue weighted by Crippen LogP contribution is 2.13. The third kappa shape index (κ3) is 2.00. The summed E-state index contributed by atoms with van der Waals surface area (Å²) < 4.78 is 0. The van der Waals surface area contributed by atoms with Crippen molar-refractivity contribution in [2.24, 2.45) is 5.92 Å². The van der Waals surface area contributed by atoms with Gasteiger partial charge in [0.1, 0.15) is 0 Å². The zero-order valence-electron chi connectivity index (χ0n) is 7.88. The average molecular weight is 183 g/mol. The Morgan fingerprint density at radius 1 is 1.31 bits per heavy atom. The van der Waals surface area contributed by atoms with Crippen LogP contribution in [0.3, 0.4) is 0 Å². The second-order valence-electron chi connectivity index (χ2n) is 3.79. The average Bonchev–Trinajstić information content (AvgIpc) is 2.71. The number of hydrogen-bond acceptors (Lipinski definition) is 3. The van der Waals surface area contributed by atoms with Gasteiger partial charge in [0, 0.05) is 19.6 Å². The summed E-state index contributed by atoms with van der Waals surface area (Å²) in [5.74, 6) is 0.490. The van der Waals surface area contributed by atoms with Crippen LogP contribution in [0.1, 0.15) is 19.3 Å². The quantitative estimate of drug-likeness (QED) is 0.588. The van der Waals surface area contributed by atoms with Gasteiger partial charge < -0.3 is 5.32 Å². The fraction of sp³-hybridized carbons (Fsp3) is 0.889. The lowest BCUT2D eigenvalue weighted by molar-refractivity contribution is -0.137. The first kappa shape index (κ1) is 8.97. The lowest BCUT2D eigenvalue weighted by atomic mass is 9.99. The molecule has 13 heavy (non-hydrogen) atoms. The second kappa shape index (κ2) is 4.07. The molecule has 0 radical (unpaired) electrons. The maximum Gasteiger partial charge on any atom is 0.241 e. The van der Waals surface area contributed by atoms with E-state index < -0.39 is 0 Å². The SMILES string of the molecule is O=C([C@@H]1CCCNC1)N1CCCN1. The first-order valence-corrected chi connectivity index (χ1v) is 5.13. The van der Waals surface area contributed by atoms with E-state index in [0.29, 0.717) is 0 Å². The van der Waals surface area contributed by atoms with Crippen molar-refractivity contribution in [1.82, 2.24) is 15.8 Å². The minimum atomic E-state index is 0.208. The van der Waals surface area contributed by atoms with Gasteiger partial charge in [-0.05, 0) is 25.8 Å². The number of rotatable bonds is 1. The molecule has 0 aromatic heterocycles. The Kier molecular flexibility index (Phi) is 2.80. The Morgan fingerprint density at radius 3 is 2.85 bits per heavy atom. The fourth-order valence-electron chi connectivity index (χ4n) is 2.00. The zero-order chi connectivity index (χ0) is 9.10. The Morgan fingerprint density at radius 2 is 2.23 bits per heavy atom. The van der Waals surface area contributed by atoms with Crippen molar-refractivity contribution >= 4 is 5.91 Å². The van der Waals surface area contributed by atoms with E-state index in [1.165, 1.54) is 0 Å². The summed E-state index contributed by atoms with van der Waals surface area (Å²) in [5, 5.41) is 5.05. The predicted molar refractivity (Wildman–Crippen MR) is 49.9 cm³/mol. The van der Waals surface area contributed by atoms with E-state index in [9.17, 15) is 4.79 Å². The molecule has 0 bridgehead atoms. The molecule has 0 spiro atoms. The minimum absolute atomic E-state index is 0.208. The maximum absolute atomic E-state index is 11.8. The first-order valence-electron chi connectivity index (χ1n) is 5.13. The molecule has 1 amide bonds. The molecule has 74 valence electrons. The summed E-state index contributed by atoms with van der Waals surface area (Å²) in [6.45, 7) is 3.76. The van der Waals surface area contributed by atoms with E-state index in [-0.39, 0.29) is 11.8 Å². The summed E-state index contributed by atoms with van der Waals surface area (Å²) in [4.78, 5) is 11.8. The van der Waals surface area contributed by atoms with Crippen molar-refractivity contribution in [3.05, 3.63) is 0 Å². The highest BCUT2D eigenvalue weighted by molar-refractivity contribution is 5.78. The van der Waals surface area contributed by atoms with Crippen molar-refractivity contribution < 1.29 is 4.79 Å². The van der Waals surface area contributed by atoms with Crippen LogP contribution >= 0.6 is 0 Å². The standard InChI is InChI=1S/C9H17N3O/c13-9(12-6-2-5-11-12)8-3-1-4-10-7-8/h8,10-11H,1-7H2/t8-/m1/s1. The van der Waals surface area contributed by atoms with Gasteiger partial charge in [-0.15, -0.1) is 0 Å². The smallest absolute Gasteiger partial charge is 0.241 e. The molecule has 2 aliphatic heterocycles. The van der Waals surface area contributed by atoms with Gasteiger partial charge in [0.05, 0.1) is 5.92 Å². The molecular weight excluding hydrogens is 166 g/mol. The molecule has 2 saturated heterocycles. The summed E-state index contributed by atoms with van der Waals surface area (Å²) in [5.41, 5.74) is 3.11. The van der Waals surface area contributed by atoms with Crippen molar-refractivity contribution in [3.8, 4) is 0 Å². The Hall–Kier alpha value is -0.610. The predicted octanol–water partition coefficient (Wildman–Crippen LogP) is -0.277. The molecule has 2 aliphatic rings. The summed E-state index contributed by atoms with van der Waals surface area (Å²) in [6.07, 6.45) is 3.26. The summed E-state index contributed by atoms with van der Waals surface area (Å²) in [6, 6.07) is 0. The second-order valence-corrected chi connectivity index (χ2v) is 3.79. The molecule has 2 N–H and O–H groups in total. The van der Waals surface area contributed by atoms with Gasteiger partial charge in [-0.25, -0.2) is 5.43 Å². The number of carbonyl (C=O) groups excluding carboxylic acids is 1. The van der Waals surface area contributed by atoms with Gasteiger partial charge in [0.15, 0.2) is 0 Å². The molecule has 4 heteroatoms. The van der Waals surface area contributed by atoms with Crippen LogP contribution in [0.15, 0.2) is 0 Å². The van der Waals surface area contributed by atoms with E-state index in [2.05, 4.69) is 10.7 Å². The number of nitrogens with zero attached hydrogens (tertiary/aromatic N) is 1. The molecule has 0 unspecified atom stereocenters. The first-order chi connectivity index (χ1) is 6.38. The molecule has 0 aliphatic carbocycles. The summed E-state index contributed by atoms with van der Waals surface area (Å²) >= 11 is 0. The van der Waals surface area contributed by atoms with Crippen LogP contribution in [0.2, 0.25) is 0 Å². The van der Waals surface area contributed by atoms with Crippen molar-refractivity contribution in [2.45, 2.75) is 19.3 Å². The van der Waals surface area contributed by atoms with Crippen LogP contribution in [0, 0.1) is 5.92 Å². The highest BCUT2D eigenvalue weighted by Gasteiger charge is 2.27. The van der Waals surface area contributed by atoms with Crippen LogP contribution < -0.4 is 10.7 Å². The molecule has 4 nitrogen and oxygen atoms in total. The molecule has 2 heterocycles. The maximum atomic E-state index is 11.8. The lowest BCUT2D eigenvalue weighted by Gasteiger charge is -2.26. The van der Waals surface area contributed by atoms with Crippen LogP contribution in [-0.2, 0) is 4.79 Å². The van der Waals surface area contributed by atoms with Crippen molar-refractivity contribution in [3.63, 3.8) is 0 Å². The largest absolute Gasteiger partial charge is 0.316 e. The van der Waals surface area contributed by atoms with Crippen molar-refractivity contribution in [1.29, 1.82) is 0 Å². The van der Waals surface area contributed by atoms with Gasteiger partial charge in [-0.1, -0.05) is 0 Å². The zero-order valence-corrected chi connectivity index (χ0v) is 7.88. The normalized spacial score (nSPS) is 29.2. The molecule has 1 atom stereocenters. The third-order valence-electron chi connectivity index (χ3n) is 2.77. The van der Waals surface area contributed by atoms with Gasteiger partial charge in [-0.3, -0.25) is 9.80 Å². The topological polar surface area (TPSA) is 44.4 Å². The number of nitrogens with one attached hydrogen (secondary N) is 2. The van der Waals surface area contributed by atoms with Crippen LogP contribution in [0.25, 0.3) is 0 Å². The van der Waals surface area contributed by atoms with Crippen molar-refractivity contribution in [2.75, 3.05) is 26.2 Å². The number of carbonyl (C=O) groups is 1.